The van der Waals surface area contributed by atoms with Crippen LogP contribution in [-0.4, -0.2) is 17.6 Å². The highest BCUT2D eigenvalue weighted by Crippen LogP contribution is 2.46. The van der Waals surface area contributed by atoms with Crippen molar-refractivity contribution in [3.05, 3.63) is 71.7 Å². The lowest BCUT2D eigenvalue weighted by Gasteiger charge is -2.30. The molecule has 2 aromatic carbocycles. The van der Waals surface area contributed by atoms with Crippen molar-refractivity contribution in [2.24, 2.45) is 5.73 Å². The van der Waals surface area contributed by atoms with Gasteiger partial charge in [-0.1, -0.05) is 18.2 Å². The van der Waals surface area contributed by atoms with E-state index < -0.39 is 5.91 Å². The zero-order valence-corrected chi connectivity index (χ0v) is 15.6. The molecule has 0 unspecified atom stereocenters. The lowest BCUT2D eigenvalue weighted by molar-refractivity contribution is 0.100. The number of nitrogens with one attached hydrogen (secondary N) is 1. The monoisotopic (exact) mass is 388 g/mol. The number of pyridine rings is 1. The Morgan fingerprint density at radius 1 is 1.07 bits per heavy atom. The first-order chi connectivity index (χ1) is 13.7. The maximum atomic E-state index is 12.1. The molecule has 138 valence electrons. The predicted molar refractivity (Wildman–Crippen MR) is 112 cm³/mol. The fraction of sp³-hybridized carbons (Fsp3) is 0.0476. The van der Waals surface area contributed by atoms with Gasteiger partial charge in [0.2, 0.25) is 0 Å². The Morgan fingerprint density at radius 3 is 2.57 bits per heavy atom. The van der Waals surface area contributed by atoms with E-state index in [0.717, 1.165) is 38.8 Å². The van der Waals surface area contributed by atoms with Crippen molar-refractivity contribution in [1.82, 2.24) is 4.98 Å². The van der Waals surface area contributed by atoms with Crippen molar-refractivity contribution in [3.63, 3.8) is 0 Å². The lowest BCUT2D eigenvalue weighted by Crippen LogP contribution is -2.29. The molecule has 1 aliphatic heterocycles. The van der Waals surface area contributed by atoms with E-state index in [1.54, 1.807) is 6.20 Å². The minimum atomic E-state index is -0.445. The van der Waals surface area contributed by atoms with E-state index in [-0.39, 0.29) is 0 Å². The van der Waals surface area contributed by atoms with Crippen LogP contribution in [0.2, 0.25) is 0 Å². The normalized spacial score (nSPS) is 12.6. The molecule has 1 amide bonds. The highest BCUT2D eigenvalue weighted by molar-refractivity contribution is 7.21. The van der Waals surface area contributed by atoms with Crippen molar-refractivity contribution < 1.29 is 9.53 Å². The molecule has 7 heteroatoms. The van der Waals surface area contributed by atoms with Gasteiger partial charge in [0.1, 0.15) is 21.2 Å². The third-order valence-electron chi connectivity index (χ3n) is 4.62. The summed E-state index contributed by atoms with van der Waals surface area (Å²) in [6.45, 7) is 0.530. The first-order valence-electron chi connectivity index (χ1n) is 8.76. The molecule has 0 radical (unpaired) electrons. The van der Waals surface area contributed by atoms with Gasteiger partial charge in [-0.25, -0.2) is 4.98 Å². The molecule has 3 heterocycles. The highest BCUT2D eigenvalue weighted by Gasteiger charge is 2.28. The third-order valence-corrected chi connectivity index (χ3v) is 5.72. The van der Waals surface area contributed by atoms with Gasteiger partial charge >= 0.3 is 0 Å². The molecule has 0 saturated heterocycles. The van der Waals surface area contributed by atoms with Crippen LogP contribution in [0.4, 0.5) is 17.1 Å². The first kappa shape index (κ1) is 16.6. The number of nitrogens with zero attached hydrogens (tertiary/aromatic N) is 2. The summed E-state index contributed by atoms with van der Waals surface area (Å²) in [5.74, 6) is 1.08. The molecule has 1 aliphatic rings. The van der Waals surface area contributed by atoms with Gasteiger partial charge in [-0.3, -0.25) is 4.79 Å². The topological polar surface area (TPSA) is 80.5 Å². The van der Waals surface area contributed by atoms with Crippen molar-refractivity contribution in [1.29, 1.82) is 0 Å². The van der Waals surface area contributed by atoms with Gasteiger partial charge in [0.25, 0.3) is 5.91 Å². The van der Waals surface area contributed by atoms with E-state index in [0.29, 0.717) is 11.5 Å². The Kier molecular flexibility index (Phi) is 3.87. The number of hydrogen-bond acceptors (Lipinski definition) is 6. The second-order valence-electron chi connectivity index (χ2n) is 6.35. The molecule has 4 aromatic rings. The van der Waals surface area contributed by atoms with E-state index in [1.807, 2.05) is 65.6 Å². The maximum absolute atomic E-state index is 12.1. The van der Waals surface area contributed by atoms with Gasteiger partial charge in [-0.2, -0.15) is 0 Å². The SMILES string of the molecule is NC(=O)c1sc2nccc3c2c1N(c1ccc(Oc2ccccc2)cc1)CN3. The van der Waals surface area contributed by atoms with Crippen LogP contribution in [0.15, 0.2) is 66.9 Å². The van der Waals surface area contributed by atoms with Crippen LogP contribution in [0, 0.1) is 0 Å². The second-order valence-corrected chi connectivity index (χ2v) is 7.35. The number of rotatable bonds is 4. The number of ether oxygens (including phenoxy) is 1. The molecule has 0 aliphatic carbocycles. The molecule has 0 atom stereocenters. The maximum Gasteiger partial charge on any atom is 0.261 e. The fourth-order valence-electron chi connectivity index (χ4n) is 3.36. The van der Waals surface area contributed by atoms with Crippen LogP contribution in [-0.2, 0) is 0 Å². The minimum absolute atomic E-state index is 0.445. The second kappa shape index (κ2) is 6.54. The number of para-hydroxylation sites is 1. The summed E-state index contributed by atoms with van der Waals surface area (Å²) < 4.78 is 5.87. The van der Waals surface area contributed by atoms with Crippen LogP contribution in [0.1, 0.15) is 9.67 Å². The molecule has 0 spiro atoms. The smallest absolute Gasteiger partial charge is 0.261 e. The standard InChI is InChI=1S/C21H16N4O2S/c22-20(26)19-18-17-16(10-11-23-21(17)28-19)24-12-25(18)13-6-8-15(9-7-13)27-14-4-2-1-3-5-14/h1-11,24H,12H2,(H2,22,26). The minimum Gasteiger partial charge on any atom is -0.457 e. The van der Waals surface area contributed by atoms with Gasteiger partial charge in [0.15, 0.2) is 0 Å². The summed E-state index contributed by atoms with van der Waals surface area (Å²) in [4.78, 5) is 19.8. The Labute approximate surface area is 165 Å². The third kappa shape index (κ3) is 2.73. The Morgan fingerprint density at radius 2 is 1.82 bits per heavy atom. The predicted octanol–water partition coefficient (Wildman–Crippen LogP) is 4.71. The number of thiophene rings is 1. The van der Waals surface area contributed by atoms with Crippen LogP contribution >= 0.6 is 11.3 Å². The molecular formula is C21H16N4O2S. The average Bonchev–Trinajstić information content (AvgIpc) is 3.12. The number of carbonyl (C=O) groups is 1. The average molecular weight is 388 g/mol. The summed E-state index contributed by atoms with van der Waals surface area (Å²) >= 11 is 1.32. The van der Waals surface area contributed by atoms with Crippen LogP contribution in [0.25, 0.3) is 10.2 Å². The largest absolute Gasteiger partial charge is 0.457 e. The summed E-state index contributed by atoms with van der Waals surface area (Å²) in [7, 11) is 0. The van der Waals surface area contributed by atoms with Gasteiger partial charge in [-0.05, 0) is 42.5 Å². The zero-order valence-electron chi connectivity index (χ0n) is 14.8. The number of primary amides is 1. The summed E-state index contributed by atoms with van der Waals surface area (Å²) in [5.41, 5.74) is 8.36. The number of carbonyl (C=O) groups excluding carboxylic acids is 1. The van der Waals surface area contributed by atoms with Gasteiger partial charge in [0, 0.05) is 17.6 Å². The summed E-state index contributed by atoms with van der Waals surface area (Å²) in [5, 5.41) is 4.32. The molecule has 6 nitrogen and oxygen atoms in total. The van der Waals surface area contributed by atoms with E-state index in [4.69, 9.17) is 10.5 Å². The van der Waals surface area contributed by atoms with Crippen molar-refractivity contribution in [3.8, 4) is 11.5 Å². The van der Waals surface area contributed by atoms with Crippen molar-refractivity contribution in [2.75, 3.05) is 16.9 Å². The first-order valence-corrected chi connectivity index (χ1v) is 9.58. The molecule has 0 fully saturated rings. The van der Waals surface area contributed by atoms with Crippen molar-refractivity contribution >= 4 is 44.5 Å². The molecule has 28 heavy (non-hydrogen) atoms. The van der Waals surface area contributed by atoms with Gasteiger partial charge in [-0.15, -0.1) is 11.3 Å². The Hall–Kier alpha value is -3.58. The zero-order chi connectivity index (χ0) is 19.1. The van der Waals surface area contributed by atoms with Crippen LogP contribution in [0.5, 0.6) is 11.5 Å². The quantitative estimate of drug-likeness (QED) is 0.529. The van der Waals surface area contributed by atoms with E-state index in [9.17, 15) is 4.79 Å². The number of amides is 1. The number of anilines is 3. The van der Waals surface area contributed by atoms with Gasteiger partial charge in [0.05, 0.1) is 17.7 Å². The van der Waals surface area contributed by atoms with E-state index in [2.05, 4.69) is 10.3 Å². The van der Waals surface area contributed by atoms with Gasteiger partial charge < -0.3 is 20.7 Å². The summed E-state index contributed by atoms with van der Waals surface area (Å²) in [6.07, 6.45) is 1.74. The summed E-state index contributed by atoms with van der Waals surface area (Å²) in [6, 6.07) is 19.3. The highest BCUT2D eigenvalue weighted by atomic mass is 32.1. The molecule has 0 bridgehead atoms. The molecular weight excluding hydrogens is 372 g/mol. The lowest BCUT2D eigenvalue weighted by atomic mass is 10.1. The Bertz CT molecular complexity index is 1170. The van der Waals surface area contributed by atoms with E-state index in [1.165, 1.54) is 11.3 Å². The molecule has 5 rings (SSSR count). The van der Waals surface area contributed by atoms with Crippen molar-refractivity contribution in [2.45, 2.75) is 0 Å². The van der Waals surface area contributed by atoms with E-state index >= 15 is 0 Å². The number of aromatic nitrogens is 1. The molecule has 3 N–H and O–H groups in total. The Balaban J connectivity index is 1.53. The number of hydrogen-bond donors (Lipinski definition) is 2. The molecule has 2 aromatic heterocycles. The van der Waals surface area contributed by atoms with Crippen LogP contribution in [0.3, 0.4) is 0 Å². The molecule has 0 saturated carbocycles. The number of benzene rings is 2. The number of nitrogens with two attached hydrogens (primary N) is 1. The fourth-order valence-corrected chi connectivity index (χ4v) is 4.39. The van der Waals surface area contributed by atoms with Crippen LogP contribution < -0.4 is 20.7 Å².